The fraction of sp³-hybridized carbons (Fsp3) is 0.765. The van der Waals surface area contributed by atoms with E-state index in [0.717, 1.165) is 30.4 Å². The summed E-state index contributed by atoms with van der Waals surface area (Å²) in [7, 11) is 1.79. The number of nitrogens with one attached hydrogen (secondary N) is 2. The van der Waals surface area contributed by atoms with Gasteiger partial charge in [0.15, 0.2) is 5.96 Å². The first-order valence-electron chi connectivity index (χ1n) is 8.79. The lowest BCUT2D eigenvalue weighted by atomic mass is 10.2. The quantitative estimate of drug-likeness (QED) is 0.478. The average molecular weight is 321 g/mol. The number of oxazole rings is 1. The lowest BCUT2D eigenvalue weighted by Crippen LogP contribution is -2.38. The van der Waals surface area contributed by atoms with Crippen LogP contribution in [0, 0.1) is 13.8 Å². The van der Waals surface area contributed by atoms with Crippen LogP contribution in [0.1, 0.15) is 49.4 Å². The molecule has 6 nitrogen and oxygen atoms in total. The van der Waals surface area contributed by atoms with Gasteiger partial charge >= 0.3 is 0 Å². The van der Waals surface area contributed by atoms with E-state index in [1.54, 1.807) is 7.05 Å². The van der Waals surface area contributed by atoms with Crippen LogP contribution in [-0.2, 0) is 6.54 Å². The summed E-state index contributed by atoms with van der Waals surface area (Å²) in [5.74, 6) is 2.38. The third-order valence-corrected chi connectivity index (χ3v) is 4.35. The molecular formula is C17H31N5O. The molecule has 1 fully saturated rings. The third kappa shape index (κ3) is 6.22. The highest BCUT2D eigenvalue weighted by atomic mass is 16.4. The van der Waals surface area contributed by atoms with Gasteiger partial charge in [-0.1, -0.05) is 12.8 Å². The molecule has 2 rings (SSSR count). The van der Waals surface area contributed by atoms with Crippen LogP contribution in [0.4, 0.5) is 0 Å². The Morgan fingerprint density at radius 3 is 2.52 bits per heavy atom. The molecular weight excluding hydrogens is 290 g/mol. The van der Waals surface area contributed by atoms with Gasteiger partial charge in [0, 0.05) is 13.6 Å². The molecule has 0 atom stereocenters. The predicted molar refractivity (Wildman–Crippen MR) is 93.7 cm³/mol. The number of hydrogen-bond acceptors (Lipinski definition) is 4. The van der Waals surface area contributed by atoms with Crippen LogP contribution >= 0.6 is 0 Å². The summed E-state index contributed by atoms with van der Waals surface area (Å²) in [6.07, 6.45) is 6.63. The number of aliphatic imine (C=N–C) groups is 1. The van der Waals surface area contributed by atoms with E-state index in [1.165, 1.54) is 45.3 Å². The van der Waals surface area contributed by atoms with E-state index in [0.29, 0.717) is 12.4 Å². The summed E-state index contributed by atoms with van der Waals surface area (Å²) in [5, 5.41) is 6.60. The molecule has 0 aromatic carbocycles. The Morgan fingerprint density at radius 1 is 1.17 bits per heavy atom. The van der Waals surface area contributed by atoms with Crippen molar-refractivity contribution < 1.29 is 4.42 Å². The molecule has 23 heavy (non-hydrogen) atoms. The molecule has 1 aliphatic rings. The summed E-state index contributed by atoms with van der Waals surface area (Å²) in [6, 6.07) is 0. The van der Waals surface area contributed by atoms with Crippen LogP contribution in [0.15, 0.2) is 9.41 Å². The minimum atomic E-state index is 0.556. The van der Waals surface area contributed by atoms with E-state index in [4.69, 9.17) is 4.42 Å². The molecule has 1 saturated heterocycles. The topological polar surface area (TPSA) is 65.7 Å². The molecule has 0 aliphatic carbocycles. The molecule has 1 aromatic heterocycles. The monoisotopic (exact) mass is 321 g/mol. The average Bonchev–Trinajstić information content (AvgIpc) is 2.75. The Balaban J connectivity index is 1.62. The van der Waals surface area contributed by atoms with E-state index in [9.17, 15) is 0 Å². The second kappa shape index (κ2) is 9.55. The highest BCUT2D eigenvalue weighted by molar-refractivity contribution is 5.79. The van der Waals surface area contributed by atoms with E-state index >= 15 is 0 Å². The fourth-order valence-corrected chi connectivity index (χ4v) is 2.86. The van der Waals surface area contributed by atoms with Gasteiger partial charge in [-0.3, -0.25) is 4.99 Å². The normalized spacial score (nSPS) is 17.1. The Bertz CT molecular complexity index is 470. The van der Waals surface area contributed by atoms with E-state index in [-0.39, 0.29) is 0 Å². The molecule has 0 radical (unpaired) electrons. The molecule has 6 heteroatoms. The Morgan fingerprint density at radius 2 is 1.91 bits per heavy atom. The predicted octanol–water partition coefficient (Wildman–Crippen LogP) is 2.22. The van der Waals surface area contributed by atoms with Crippen LogP contribution in [0.2, 0.25) is 0 Å². The number of hydrogen-bond donors (Lipinski definition) is 2. The summed E-state index contributed by atoms with van der Waals surface area (Å²) in [6.45, 7) is 9.06. The molecule has 0 unspecified atom stereocenters. The van der Waals surface area contributed by atoms with Crippen LogP contribution in [-0.4, -0.2) is 49.1 Å². The molecule has 1 aliphatic heterocycles. The number of guanidine groups is 1. The smallest absolute Gasteiger partial charge is 0.214 e. The van der Waals surface area contributed by atoms with Gasteiger partial charge in [-0.2, -0.15) is 0 Å². The first kappa shape index (κ1) is 17.8. The summed E-state index contributed by atoms with van der Waals surface area (Å²) < 4.78 is 5.56. The maximum absolute atomic E-state index is 5.56. The molecule has 0 bridgehead atoms. The van der Waals surface area contributed by atoms with E-state index < -0.39 is 0 Å². The van der Waals surface area contributed by atoms with Gasteiger partial charge in [0.25, 0.3) is 0 Å². The Labute approximate surface area is 139 Å². The van der Waals surface area contributed by atoms with Crippen molar-refractivity contribution in [1.82, 2.24) is 20.5 Å². The number of likely N-dealkylation sites (tertiary alicyclic amines) is 1. The van der Waals surface area contributed by atoms with Crippen LogP contribution in [0.25, 0.3) is 0 Å². The summed E-state index contributed by atoms with van der Waals surface area (Å²) >= 11 is 0. The fourth-order valence-electron chi connectivity index (χ4n) is 2.86. The zero-order chi connectivity index (χ0) is 16.5. The molecule has 2 N–H and O–H groups in total. The van der Waals surface area contributed by atoms with Crippen LogP contribution in [0.3, 0.4) is 0 Å². The zero-order valence-electron chi connectivity index (χ0n) is 14.8. The highest BCUT2D eigenvalue weighted by Gasteiger charge is 2.09. The van der Waals surface area contributed by atoms with E-state index in [1.807, 2.05) is 13.8 Å². The maximum atomic E-state index is 5.56. The number of rotatable bonds is 6. The number of aryl methyl sites for hydroxylation is 2. The lowest BCUT2D eigenvalue weighted by Gasteiger charge is -2.20. The standard InChI is InChI=1S/C17H31N5O/c1-14-15(2)23-16(21-14)13-20-17(18-3)19-9-8-12-22-10-6-4-5-7-11-22/h4-13H2,1-3H3,(H2,18,19,20). The summed E-state index contributed by atoms with van der Waals surface area (Å²) in [4.78, 5) is 11.2. The zero-order valence-corrected chi connectivity index (χ0v) is 14.8. The van der Waals surface area contributed by atoms with Gasteiger partial charge in [0.1, 0.15) is 5.76 Å². The van der Waals surface area contributed by atoms with Crippen molar-refractivity contribution >= 4 is 5.96 Å². The molecule has 0 saturated carbocycles. The minimum Gasteiger partial charge on any atom is -0.444 e. The van der Waals surface area contributed by atoms with Gasteiger partial charge in [-0.05, 0) is 52.7 Å². The first-order chi connectivity index (χ1) is 11.2. The highest BCUT2D eigenvalue weighted by Crippen LogP contribution is 2.09. The van der Waals surface area contributed by atoms with Crippen molar-refractivity contribution in [2.75, 3.05) is 33.2 Å². The summed E-state index contributed by atoms with van der Waals surface area (Å²) in [5.41, 5.74) is 0.946. The molecule has 0 spiro atoms. The van der Waals surface area contributed by atoms with Gasteiger partial charge in [0.05, 0.1) is 12.2 Å². The Kier molecular flexibility index (Phi) is 7.39. The molecule has 1 aromatic rings. The van der Waals surface area contributed by atoms with Crippen molar-refractivity contribution in [3.8, 4) is 0 Å². The second-order valence-electron chi connectivity index (χ2n) is 6.21. The lowest BCUT2D eigenvalue weighted by molar-refractivity contribution is 0.282. The molecule has 130 valence electrons. The van der Waals surface area contributed by atoms with Gasteiger partial charge < -0.3 is 20.0 Å². The van der Waals surface area contributed by atoms with Gasteiger partial charge in [0.2, 0.25) is 5.89 Å². The Hall–Kier alpha value is -1.56. The van der Waals surface area contributed by atoms with Crippen molar-refractivity contribution in [2.24, 2.45) is 4.99 Å². The number of aromatic nitrogens is 1. The third-order valence-electron chi connectivity index (χ3n) is 4.35. The SMILES string of the molecule is CN=C(NCCCN1CCCCCC1)NCc1nc(C)c(C)o1. The minimum absolute atomic E-state index is 0.556. The number of nitrogens with zero attached hydrogens (tertiary/aromatic N) is 3. The van der Waals surface area contributed by atoms with E-state index in [2.05, 4.69) is 25.5 Å². The second-order valence-corrected chi connectivity index (χ2v) is 6.21. The molecule has 0 amide bonds. The van der Waals surface area contributed by atoms with Crippen molar-refractivity contribution in [3.63, 3.8) is 0 Å². The van der Waals surface area contributed by atoms with Crippen LogP contribution in [0.5, 0.6) is 0 Å². The van der Waals surface area contributed by atoms with Crippen molar-refractivity contribution in [1.29, 1.82) is 0 Å². The van der Waals surface area contributed by atoms with Crippen molar-refractivity contribution in [2.45, 2.75) is 52.5 Å². The van der Waals surface area contributed by atoms with Gasteiger partial charge in [-0.15, -0.1) is 0 Å². The first-order valence-corrected chi connectivity index (χ1v) is 8.79. The van der Waals surface area contributed by atoms with Crippen molar-refractivity contribution in [3.05, 3.63) is 17.3 Å². The van der Waals surface area contributed by atoms with Crippen LogP contribution < -0.4 is 10.6 Å². The van der Waals surface area contributed by atoms with Gasteiger partial charge in [-0.25, -0.2) is 4.98 Å². The largest absolute Gasteiger partial charge is 0.444 e. The molecule has 2 heterocycles. The maximum Gasteiger partial charge on any atom is 0.214 e.